The molecule has 0 radical (unpaired) electrons. The van der Waals surface area contributed by atoms with Gasteiger partial charge in [0.25, 0.3) is 0 Å². The Balaban J connectivity index is 0.00000220. The molecule has 0 saturated heterocycles. The van der Waals surface area contributed by atoms with Gasteiger partial charge in [-0.15, -0.1) is 24.8 Å². The summed E-state index contributed by atoms with van der Waals surface area (Å²) >= 11 is 0. The third kappa shape index (κ3) is 6.97. The minimum absolute atomic E-state index is 0. The van der Waals surface area contributed by atoms with Crippen molar-refractivity contribution >= 4 is 30.7 Å². The summed E-state index contributed by atoms with van der Waals surface area (Å²) in [5.74, 6) is 0.654. The molecule has 1 aromatic carbocycles. The molecule has 2 N–H and O–H groups in total. The Hall–Kier alpha value is -0.810. The lowest BCUT2D eigenvalue weighted by molar-refractivity contribution is -0.120. The van der Waals surface area contributed by atoms with Crippen LogP contribution in [0.15, 0.2) is 30.3 Å². The molecule has 4 nitrogen and oxygen atoms in total. The average molecular weight is 348 g/mol. The maximum absolute atomic E-state index is 11.8. The Morgan fingerprint density at radius 2 is 1.91 bits per heavy atom. The van der Waals surface area contributed by atoms with Crippen molar-refractivity contribution in [1.29, 1.82) is 0 Å². The minimum atomic E-state index is 0. The Morgan fingerprint density at radius 3 is 2.50 bits per heavy atom. The topological polar surface area (TPSA) is 44.4 Å². The second-order valence-corrected chi connectivity index (χ2v) is 5.97. The number of likely N-dealkylation sites (N-methyl/N-ethyl adjacent to an activating group) is 1. The van der Waals surface area contributed by atoms with Gasteiger partial charge in [-0.3, -0.25) is 4.79 Å². The Kier molecular flexibility index (Phi) is 9.69. The van der Waals surface area contributed by atoms with E-state index in [4.69, 9.17) is 0 Å². The number of carbonyl (C=O) groups is 1. The molecule has 3 unspecified atom stereocenters. The zero-order valence-corrected chi connectivity index (χ0v) is 15.0. The van der Waals surface area contributed by atoms with Crippen molar-refractivity contribution in [2.45, 2.75) is 31.3 Å². The molecule has 22 heavy (non-hydrogen) atoms. The summed E-state index contributed by atoms with van der Waals surface area (Å²) in [7, 11) is 4.02. The zero-order chi connectivity index (χ0) is 14.5. The molecule has 3 atom stereocenters. The predicted octanol–water partition coefficient (Wildman–Crippen LogP) is 2.04. The second kappa shape index (κ2) is 10.1. The third-order valence-corrected chi connectivity index (χ3v) is 3.59. The SMILES string of the molecule is CC(CN(C)C)NC(=O)CNC1CC1c1ccccc1.Cl.Cl. The van der Waals surface area contributed by atoms with Gasteiger partial charge in [0.15, 0.2) is 0 Å². The van der Waals surface area contributed by atoms with Crippen molar-refractivity contribution in [2.75, 3.05) is 27.2 Å². The van der Waals surface area contributed by atoms with E-state index in [9.17, 15) is 4.79 Å². The monoisotopic (exact) mass is 347 g/mol. The summed E-state index contributed by atoms with van der Waals surface area (Å²) in [5.41, 5.74) is 1.37. The van der Waals surface area contributed by atoms with E-state index in [0.717, 1.165) is 13.0 Å². The van der Waals surface area contributed by atoms with Crippen LogP contribution in [-0.2, 0) is 4.79 Å². The van der Waals surface area contributed by atoms with Crippen LogP contribution in [0.3, 0.4) is 0 Å². The van der Waals surface area contributed by atoms with Crippen molar-refractivity contribution in [3.8, 4) is 0 Å². The number of nitrogens with one attached hydrogen (secondary N) is 2. The maximum atomic E-state index is 11.8. The first-order valence-corrected chi connectivity index (χ1v) is 7.28. The van der Waals surface area contributed by atoms with Gasteiger partial charge in [0, 0.05) is 24.5 Å². The van der Waals surface area contributed by atoms with Gasteiger partial charge < -0.3 is 15.5 Å². The van der Waals surface area contributed by atoms with E-state index in [1.165, 1.54) is 5.56 Å². The van der Waals surface area contributed by atoms with Crippen LogP contribution in [0.2, 0.25) is 0 Å². The summed E-state index contributed by atoms with van der Waals surface area (Å²) in [4.78, 5) is 13.9. The highest BCUT2D eigenvalue weighted by Gasteiger charge is 2.37. The molecule has 2 rings (SSSR count). The van der Waals surface area contributed by atoms with Gasteiger partial charge in [0.05, 0.1) is 6.54 Å². The van der Waals surface area contributed by atoms with Crippen LogP contribution in [-0.4, -0.2) is 50.1 Å². The Bertz CT molecular complexity index is 442. The summed E-state index contributed by atoms with van der Waals surface area (Å²) in [6.45, 7) is 3.30. The molecular weight excluding hydrogens is 321 g/mol. The molecule has 126 valence electrons. The fourth-order valence-electron chi connectivity index (χ4n) is 2.63. The molecule has 0 heterocycles. The molecule has 0 spiro atoms. The number of rotatable bonds is 7. The van der Waals surface area contributed by atoms with Crippen molar-refractivity contribution < 1.29 is 4.79 Å². The van der Waals surface area contributed by atoms with E-state index < -0.39 is 0 Å². The molecule has 1 amide bonds. The summed E-state index contributed by atoms with van der Waals surface area (Å²) in [6, 6.07) is 11.1. The van der Waals surface area contributed by atoms with Gasteiger partial charge >= 0.3 is 0 Å². The van der Waals surface area contributed by atoms with E-state index in [0.29, 0.717) is 18.5 Å². The van der Waals surface area contributed by atoms with E-state index in [1.54, 1.807) is 0 Å². The van der Waals surface area contributed by atoms with E-state index in [2.05, 4.69) is 39.8 Å². The quantitative estimate of drug-likeness (QED) is 0.793. The van der Waals surface area contributed by atoms with Gasteiger partial charge in [0.1, 0.15) is 0 Å². The molecule has 6 heteroatoms. The number of benzene rings is 1. The van der Waals surface area contributed by atoms with Gasteiger partial charge in [-0.2, -0.15) is 0 Å². The number of amides is 1. The Labute approximate surface area is 145 Å². The van der Waals surface area contributed by atoms with E-state index in [-0.39, 0.29) is 36.8 Å². The molecule has 1 aliphatic rings. The highest BCUT2D eigenvalue weighted by atomic mass is 35.5. The highest BCUT2D eigenvalue weighted by molar-refractivity contribution is 5.85. The lowest BCUT2D eigenvalue weighted by Crippen LogP contribution is -2.43. The van der Waals surface area contributed by atoms with Gasteiger partial charge in [-0.05, 0) is 33.0 Å². The standard InChI is InChI=1S/C16H25N3O.2ClH/c1-12(11-19(2)3)18-16(20)10-17-15-9-14(15)13-7-5-4-6-8-13;;/h4-8,12,14-15,17H,9-11H2,1-3H3,(H,18,20);2*1H. The normalized spacial score (nSPS) is 20.5. The first-order chi connectivity index (χ1) is 9.56. The lowest BCUT2D eigenvalue weighted by Gasteiger charge is -2.18. The molecule has 0 aromatic heterocycles. The molecule has 1 fully saturated rings. The highest BCUT2D eigenvalue weighted by Crippen LogP contribution is 2.40. The van der Waals surface area contributed by atoms with Crippen LogP contribution >= 0.6 is 24.8 Å². The zero-order valence-electron chi connectivity index (χ0n) is 13.4. The molecular formula is C16H27Cl2N3O. The molecule has 1 aromatic rings. The molecule has 0 aliphatic heterocycles. The number of hydrogen-bond acceptors (Lipinski definition) is 3. The fraction of sp³-hybridized carbons (Fsp3) is 0.562. The summed E-state index contributed by atoms with van der Waals surface area (Å²) in [6.07, 6.45) is 1.13. The van der Waals surface area contributed by atoms with Gasteiger partial charge in [-0.25, -0.2) is 0 Å². The minimum Gasteiger partial charge on any atom is -0.351 e. The summed E-state index contributed by atoms with van der Waals surface area (Å²) < 4.78 is 0. The predicted molar refractivity (Wildman–Crippen MR) is 96.2 cm³/mol. The summed E-state index contributed by atoms with van der Waals surface area (Å²) in [5, 5.41) is 6.34. The molecule has 0 bridgehead atoms. The number of halogens is 2. The fourth-order valence-corrected chi connectivity index (χ4v) is 2.63. The van der Waals surface area contributed by atoms with Crippen LogP contribution < -0.4 is 10.6 Å². The number of carbonyl (C=O) groups excluding carboxylic acids is 1. The van der Waals surface area contributed by atoms with Crippen molar-refractivity contribution in [1.82, 2.24) is 15.5 Å². The number of nitrogens with zero attached hydrogens (tertiary/aromatic N) is 1. The Morgan fingerprint density at radius 1 is 1.27 bits per heavy atom. The molecule has 1 aliphatic carbocycles. The van der Waals surface area contributed by atoms with Crippen LogP contribution in [0.5, 0.6) is 0 Å². The van der Waals surface area contributed by atoms with E-state index in [1.807, 2.05) is 27.1 Å². The first kappa shape index (κ1) is 21.2. The van der Waals surface area contributed by atoms with Gasteiger partial charge in [0.2, 0.25) is 5.91 Å². The van der Waals surface area contributed by atoms with E-state index >= 15 is 0 Å². The third-order valence-electron chi connectivity index (χ3n) is 3.59. The van der Waals surface area contributed by atoms with Crippen molar-refractivity contribution in [3.63, 3.8) is 0 Å². The van der Waals surface area contributed by atoms with Gasteiger partial charge in [-0.1, -0.05) is 30.3 Å². The van der Waals surface area contributed by atoms with Crippen molar-refractivity contribution in [3.05, 3.63) is 35.9 Å². The lowest BCUT2D eigenvalue weighted by atomic mass is 10.1. The largest absolute Gasteiger partial charge is 0.351 e. The number of hydrogen-bond donors (Lipinski definition) is 2. The first-order valence-electron chi connectivity index (χ1n) is 7.28. The molecule has 1 saturated carbocycles. The van der Waals surface area contributed by atoms with Crippen LogP contribution in [0, 0.1) is 0 Å². The van der Waals surface area contributed by atoms with Crippen LogP contribution in [0.25, 0.3) is 0 Å². The average Bonchev–Trinajstić information content (AvgIpc) is 3.16. The van der Waals surface area contributed by atoms with Crippen LogP contribution in [0.1, 0.15) is 24.8 Å². The van der Waals surface area contributed by atoms with Crippen LogP contribution in [0.4, 0.5) is 0 Å². The maximum Gasteiger partial charge on any atom is 0.234 e. The van der Waals surface area contributed by atoms with Crippen molar-refractivity contribution in [2.24, 2.45) is 0 Å². The second-order valence-electron chi connectivity index (χ2n) is 5.97. The smallest absolute Gasteiger partial charge is 0.234 e.